The molecule has 2 aromatic heterocycles. The van der Waals surface area contributed by atoms with E-state index in [4.69, 9.17) is 10.3 Å². The zero-order valence-corrected chi connectivity index (χ0v) is 7.74. The second-order valence-corrected chi connectivity index (χ2v) is 2.78. The summed E-state index contributed by atoms with van der Waals surface area (Å²) in [5.41, 5.74) is 5.24. The Morgan fingerprint density at radius 2 is 2.07 bits per heavy atom. The molecule has 78 valence electrons. The number of nitrogens with zero attached hydrogens (tertiary/aromatic N) is 4. The maximum atomic E-state index is 9.33. The fraction of sp³-hybridized carbons (Fsp3) is 0.250. The summed E-state index contributed by atoms with van der Waals surface area (Å²) in [7, 11) is 0. The molecule has 0 aromatic carbocycles. The van der Waals surface area contributed by atoms with Crippen LogP contribution in [0.25, 0.3) is 11.6 Å². The summed E-state index contributed by atoms with van der Waals surface area (Å²) in [6.07, 6.45) is 2.19. The first kappa shape index (κ1) is 9.69. The van der Waals surface area contributed by atoms with Crippen molar-refractivity contribution < 1.29 is 9.63 Å². The van der Waals surface area contributed by atoms with Gasteiger partial charge in [-0.25, -0.2) is 9.97 Å². The second kappa shape index (κ2) is 4.11. The highest BCUT2D eigenvalue weighted by Gasteiger charge is 2.16. The van der Waals surface area contributed by atoms with E-state index >= 15 is 0 Å². The van der Waals surface area contributed by atoms with E-state index in [0.29, 0.717) is 5.82 Å². The van der Waals surface area contributed by atoms with Gasteiger partial charge in [-0.3, -0.25) is 0 Å². The lowest BCUT2D eigenvalue weighted by molar-refractivity contribution is 0.141. The lowest BCUT2D eigenvalue weighted by Crippen LogP contribution is -2.11. The van der Waals surface area contributed by atoms with Gasteiger partial charge in [-0.1, -0.05) is 5.16 Å². The van der Waals surface area contributed by atoms with Gasteiger partial charge in [0.15, 0.2) is 0 Å². The lowest BCUT2D eigenvalue weighted by Gasteiger charge is -1.97. The molecule has 0 aliphatic carbocycles. The SMILES string of the molecule is NCC(O)c1nc(-c2ncccn2)no1. The van der Waals surface area contributed by atoms with Gasteiger partial charge in [-0.2, -0.15) is 4.98 Å². The predicted octanol–water partition coefficient (Wildman–Crippen LogP) is -0.481. The highest BCUT2D eigenvalue weighted by Crippen LogP contribution is 2.13. The third kappa shape index (κ3) is 1.97. The Balaban J connectivity index is 2.28. The fourth-order valence-corrected chi connectivity index (χ4v) is 0.977. The second-order valence-electron chi connectivity index (χ2n) is 2.78. The van der Waals surface area contributed by atoms with E-state index in [9.17, 15) is 5.11 Å². The van der Waals surface area contributed by atoms with Gasteiger partial charge >= 0.3 is 0 Å². The molecular formula is C8H9N5O2. The van der Waals surface area contributed by atoms with Gasteiger partial charge in [0.1, 0.15) is 6.10 Å². The quantitative estimate of drug-likeness (QED) is 0.699. The van der Waals surface area contributed by atoms with E-state index in [1.165, 1.54) is 0 Å². The maximum absolute atomic E-state index is 9.33. The summed E-state index contributed by atoms with van der Waals surface area (Å²) in [6, 6.07) is 1.68. The van der Waals surface area contributed by atoms with Crippen LogP contribution in [0.2, 0.25) is 0 Å². The first-order valence-corrected chi connectivity index (χ1v) is 4.30. The van der Waals surface area contributed by atoms with Gasteiger partial charge in [0, 0.05) is 18.9 Å². The van der Waals surface area contributed by atoms with E-state index in [2.05, 4.69) is 20.1 Å². The average Bonchev–Trinajstić information content (AvgIpc) is 2.78. The number of aromatic nitrogens is 4. The molecule has 0 amide bonds. The van der Waals surface area contributed by atoms with Crippen molar-refractivity contribution in [3.63, 3.8) is 0 Å². The van der Waals surface area contributed by atoms with Crippen LogP contribution in [0.4, 0.5) is 0 Å². The number of aliphatic hydroxyl groups is 1. The zero-order chi connectivity index (χ0) is 10.7. The normalized spacial score (nSPS) is 12.7. The molecule has 15 heavy (non-hydrogen) atoms. The minimum Gasteiger partial charge on any atom is -0.382 e. The summed E-state index contributed by atoms with van der Waals surface area (Å²) in [5.74, 6) is 0.648. The standard InChI is InChI=1S/C8H9N5O2/c9-4-5(14)8-12-7(13-15-8)6-10-2-1-3-11-6/h1-3,5,14H,4,9H2. The molecule has 2 rings (SSSR count). The molecule has 0 aliphatic heterocycles. The molecular weight excluding hydrogens is 198 g/mol. The van der Waals surface area contributed by atoms with Crippen LogP contribution in [0.15, 0.2) is 23.0 Å². The minimum atomic E-state index is -0.949. The first-order chi connectivity index (χ1) is 7.31. The zero-order valence-electron chi connectivity index (χ0n) is 7.74. The van der Waals surface area contributed by atoms with Gasteiger partial charge in [0.05, 0.1) is 0 Å². The summed E-state index contributed by atoms with van der Waals surface area (Å²) in [6.45, 7) is 0.0251. The average molecular weight is 207 g/mol. The number of nitrogens with two attached hydrogens (primary N) is 1. The van der Waals surface area contributed by atoms with Crippen molar-refractivity contribution in [2.75, 3.05) is 6.54 Å². The molecule has 1 unspecified atom stereocenters. The molecule has 0 bridgehead atoms. The Morgan fingerprint density at radius 1 is 1.33 bits per heavy atom. The highest BCUT2D eigenvalue weighted by atomic mass is 16.5. The minimum absolute atomic E-state index is 0.0251. The molecule has 7 heteroatoms. The third-order valence-electron chi connectivity index (χ3n) is 1.72. The van der Waals surface area contributed by atoms with E-state index < -0.39 is 6.10 Å². The van der Waals surface area contributed by atoms with Crippen molar-refractivity contribution in [3.05, 3.63) is 24.4 Å². The molecule has 0 saturated heterocycles. The van der Waals surface area contributed by atoms with Crippen LogP contribution >= 0.6 is 0 Å². The Bertz CT molecular complexity index is 430. The van der Waals surface area contributed by atoms with Crippen molar-refractivity contribution in [2.45, 2.75) is 6.10 Å². The summed E-state index contributed by atoms with van der Waals surface area (Å²) in [4.78, 5) is 11.8. The lowest BCUT2D eigenvalue weighted by atomic mass is 10.3. The third-order valence-corrected chi connectivity index (χ3v) is 1.72. The highest BCUT2D eigenvalue weighted by molar-refractivity contribution is 5.40. The van der Waals surface area contributed by atoms with E-state index in [-0.39, 0.29) is 18.3 Å². The van der Waals surface area contributed by atoms with Crippen molar-refractivity contribution in [2.24, 2.45) is 5.73 Å². The van der Waals surface area contributed by atoms with Gasteiger partial charge in [-0.15, -0.1) is 0 Å². The molecule has 0 fully saturated rings. The van der Waals surface area contributed by atoms with Gasteiger partial charge in [-0.05, 0) is 6.07 Å². The van der Waals surface area contributed by atoms with Crippen LogP contribution in [-0.2, 0) is 0 Å². The van der Waals surface area contributed by atoms with Crippen LogP contribution in [0, 0.1) is 0 Å². The molecule has 0 saturated carbocycles. The van der Waals surface area contributed by atoms with E-state index in [1.54, 1.807) is 18.5 Å². The van der Waals surface area contributed by atoms with Gasteiger partial charge in [0.25, 0.3) is 5.89 Å². The Kier molecular flexibility index (Phi) is 2.66. The van der Waals surface area contributed by atoms with Crippen LogP contribution in [0.1, 0.15) is 12.0 Å². The number of hydrogen-bond donors (Lipinski definition) is 2. The van der Waals surface area contributed by atoms with Crippen molar-refractivity contribution in [1.29, 1.82) is 0 Å². The topological polar surface area (TPSA) is 111 Å². The van der Waals surface area contributed by atoms with E-state index in [1.807, 2.05) is 0 Å². The molecule has 7 nitrogen and oxygen atoms in total. The summed E-state index contributed by atoms with van der Waals surface area (Å²) in [5, 5.41) is 13.0. The van der Waals surface area contributed by atoms with Gasteiger partial charge < -0.3 is 15.4 Å². The van der Waals surface area contributed by atoms with Crippen LogP contribution in [0.3, 0.4) is 0 Å². The predicted molar refractivity (Wildman–Crippen MR) is 49.3 cm³/mol. The fourth-order valence-electron chi connectivity index (χ4n) is 0.977. The summed E-state index contributed by atoms with van der Waals surface area (Å²) < 4.78 is 4.80. The van der Waals surface area contributed by atoms with Crippen molar-refractivity contribution in [3.8, 4) is 11.6 Å². The maximum Gasteiger partial charge on any atom is 0.257 e. The number of hydrogen-bond acceptors (Lipinski definition) is 7. The molecule has 0 spiro atoms. The van der Waals surface area contributed by atoms with Crippen molar-refractivity contribution >= 4 is 0 Å². The Morgan fingerprint density at radius 3 is 2.73 bits per heavy atom. The molecule has 2 heterocycles. The molecule has 2 aromatic rings. The van der Waals surface area contributed by atoms with Crippen molar-refractivity contribution in [1.82, 2.24) is 20.1 Å². The molecule has 0 radical (unpaired) electrons. The summed E-state index contributed by atoms with van der Waals surface area (Å²) >= 11 is 0. The molecule has 0 aliphatic rings. The Labute approximate surface area is 85.0 Å². The monoisotopic (exact) mass is 207 g/mol. The molecule has 1 atom stereocenters. The number of aliphatic hydroxyl groups excluding tert-OH is 1. The Hall–Kier alpha value is -1.86. The van der Waals surface area contributed by atoms with E-state index in [0.717, 1.165) is 0 Å². The van der Waals surface area contributed by atoms with Crippen LogP contribution in [-0.4, -0.2) is 31.8 Å². The first-order valence-electron chi connectivity index (χ1n) is 4.30. The number of rotatable bonds is 3. The van der Waals surface area contributed by atoms with Crippen LogP contribution < -0.4 is 5.73 Å². The molecule has 3 N–H and O–H groups in total. The largest absolute Gasteiger partial charge is 0.382 e. The van der Waals surface area contributed by atoms with Crippen LogP contribution in [0.5, 0.6) is 0 Å². The smallest absolute Gasteiger partial charge is 0.257 e. The van der Waals surface area contributed by atoms with Gasteiger partial charge in [0.2, 0.25) is 11.6 Å².